The Bertz CT molecular complexity index is 580. The molecule has 2 heterocycles. The topological polar surface area (TPSA) is 45.5 Å². The van der Waals surface area contributed by atoms with Crippen LogP contribution in [0.25, 0.3) is 0 Å². The standard InChI is InChI=1S/C18H22N2O2/c21-18-11-17(19-12-16-8-10-22-14-16)13-20(18)9-4-7-15-5-2-1-3-6-15/h1-3,5-6,8,10,14,17,19H,4,7,9,11-13H2. The summed E-state index contributed by atoms with van der Waals surface area (Å²) in [5.74, 6) is 0.262. The molecule has 3 rings (SSSR count). The monoisotopic (exact) mass is 298 g/mol. The Morgan fingerprint density at radius 3 is 2.82 bits per heavy atom. The molecule has 116 valence electrons. The molecule has 22 heavy (non-hydrogen) atoms. The van der Waals surface area contributed by atoms with Gasteiger partial charge in [-0.05, 0) is 24.5 Å². The van der Waals surface area contributed by atoms with Crippen LogP contribution in [0.15, 0.2) is 53.3 Å². The van der Waals surface area contributed by atoms with Gasteiger partial charge in [-0.3, -0.25) is 4.79 Å². The highest BCUT2D eigenvalue weighted by molar-refractivity contribution is 5.79. The fourth-order valence-electron chi connectivity index (χ4n) is 2.90. The molecule has 1 atom stereocenters. The van der Waals surface area contributed by atoms with Crippen molar-refractivity contribution in [3.8, 4) is 0 Å². The fraction of sp³-hybridized carbons (Fsp3) is 0.389. The molecule has 1 aliphatic heterocycles. The van der Waals surface area contributed by atoms with E-state index in [9.17, 15) is 4.79 Å². The van der Waals surface area contributed by atoms with Crippen molar-refractivity contribution in [2.75, 3.05) is 13.1 Å². The number of carbonyl (C=O) groups excluding carboxylic acids is 1. The van der Waals surface area contributed by atoms with Crippen molar-refractivity contribution in [1.29, 1.82) is 0 Å². The van der Waals surface area contributed by atoms with E-state index in [4.69, 9.17) is 4.42 Å². The number of amides is 1. The smallest absolute Gasteiger partial charge is 0.224 e. The number of benzene rings is 1. The molecular formula is C18H22N2O2. The Morgan fingerprint density at radius 1 is 1.18 bits per heavy atom. The summed E-state index contributed by atoms with van der Waals surface area (Å²) in [6, 6.07) is 12.6. The van der Waals surface area contributed by atoms with Crippen molar-refractivity contribution in [2.24, 2.45) is 0 Å². The Morgan fingerprint density at radius 2 is 2.05 bits per heavy atom. The highest BCUT2D eigenvalue weighted by atomic mass is 16.3. The van der Waals surface area contributed by atoms with Gasteiger partial charge in [0.25, 0.3) is 0 Å². The van der Waals surface area contributed by atoms with Crippen LogP contribution < -0.4 is 5.32 Å². The molecule has 1 unspecified atom stereocenters. The third-order valence-electron chi connectivity index (χ3n) is 4.13. The highest BCUT2D eigenvalue weighted by Gasteiger charge is 2.28. The van der Waals surface area contributed by atoms with E-state index in [1.54, 1.807) is 12.5 Å². The molecule has 0 radical (unpaired) electrons. The lowest BCUT2D eigenvalue weighted by molar-refractivity contribution is -0.127. The van der Waals surface area contributed by atoms with Gasteiger partial charge in [0.2, 0.25) is 5.91 Å². The van der Waals surface area contributed by atoms with Crippen molar-refractivity contribution in [1.82, 2.24) is 10.2 Å². The number of carbonyl (C=O) groups is 1. The normalized spacial score (nSPS) is 18.1. The first kappa shape index (κ1) is 14.9. The van der Waals surface area contributed by atoms with Crippen molar-refractivity contribution in [3.63, 3.8) is 0 Å². The maximum atomic E-state index is 12.1. The summed E-state index contributed by atoms with van der Waals surface area (Å²) < 4.78 is 5.05. The van der Waals surface area contributed by atoms with E-state index in [1.807, 2.05) is 17.0 Å². The number of likely N-dealkylation sites (tertiary alicyclic amines) is 1. The molecule has 4 heteroatoms. The number of furan rings is 1. The Balaban J connectivity index is 1.40. The van der Waals surface area contributed by atoms with E-state index in [0.29, 0.717) is 6.42 Å². The third-order valence-corrected chi connectivity index (χ3v) is 4.13. The molecule has 0 spiro atoms. The quantitative estimate of drug-likeness (QED) is 0.854. The summed E-state index contributed by atoms with van der Waals surface area (Å²) in [7, 11) is 0. The fourth-order valence-corrected chi connectivity index (χ4v) is 2.90. The molecule has 0 bridgehead atoms. The second kappa shape index (κ2) is 7.27. The zero-order chi connectivity index (χ0) is 15.2. The van der Waals surface area contributed by atoms with Crippen LogP contribution in [0.2, 0.25) is 0 Å². The van der Waals surface area contributed by atoms with Gasteiger partial charge in [0.15, 0.2) is 0 Å². The van der Waals surface area contributed by atoms with Gasteiger partial charge in [0.05, 0.1) is 12.5 Å². The van der Waals surface area contributed by atoms with Gasteiger partial charge in [-0.2, -0.15) is 0 Å². The van der Waals surface area contributed by atoms with Crippen molar-refractivity contribution < 1.29 is 9.21 Å². The maximum Gasteiger partial charge on any atom is 0.224 e. The summed E-state index contributed by atoms with van der Waals surface area (Å²) in [4.78, 5) is 14.0. The predicted molar refractivity (Wildman–Crippen MR) is 85.3 cm³/mol. The van der Waals surface area contributed by atoms with Crippen LogP contribution in [-0.4, -0.2) is 29.9 Å². The van der Waals surface area contributed by atoms with Gasteiger partial charge >= 0.3 is 0 Å². The molecule has 1 aromatic heterocycles. The Hall–Kier alpha value is -2.07. The lowest BCUT2D eigenvalue weighted by atomic mass is 10.1. The summed E-state index contributed by atoms with van der Waals surface area (Å²) >= 11 is 0. The van der Waals surface area contributed by atoms with Gasteiger partial charge in [0, 0.05) is 37.7 Å². The summed E-state index contributed by atoms with van der Waals surface area (Å²) in [5, 5.41) is 3.43. The molecule has 0 saturated carbocycles. The largest absolute Gasteiger partial charge is 0.472 e. The number of aryl methyl sites for hydroxylation is 1. The zero-order valence-electron chi connectivity index (χ0n) is 12.7. The first-order valence-electron chi connectivity index (χ1n) is 7.87. The second-order valence-corrected chi connectivity index (χ2v) is 5.84. The molecule has 1 saturated heterocycles. The van der Waals surface area contributed by atoms with Crippen LogP contribution in [0, 0.1) is 0 Å². The van der Waals surface area contributed by atoms with Crippen LogP contribution in [0.5, 0.6) is 0 Å². The summed E-state index contributed by atoms with van der Waals surface area (Å²) in [5.41, 5.74) is 2.46. The lowest BCUT2D eigenvalue weighted by Crippen LogP contribution is -2.32. The summed E-state index contributed by atoms with van der Waals surface area (Å²) in [6.07, 6.45) is 6.05. The molecule has 1 aromatic carbocycles. The van der Waals surface area contributed by atoms with Gasteiger partial charge in [-0.15, -0.1) is 0 Å². The minimum absolute atomic E-state index is 0.249. The highest BCUT2D eigenvalue weighted by Crippen LogP contribution is 2.13. The van der Waals surface area contributed by atoms with Gasteiger partial charge in [-0.1, -0.05) is 30.3 Å². The van der Waals surface area contributed by atoms with E-state index in [-0.39, 0.29) is 11.9 Å². The number of nitrogens with zero attached hydrogens (tertiary/aromatic N) is 1. The van der Waals surface area contributed by atoms with Crippen LogP contribution in [-0.2, 0) is 17.8 Å². The van der Waals surface area contributed by atoms with Crippen molar-refractivity contribution in [3.05, 3.63) is 60.1 Å². The zero-order valence-corrected chi connectivity index (χ0v) is 12.7. The van der Waals surface area contributed by atoms with Gasteiger partial charge in [0.1, 0.15) is 0 Å². The molecule has 4 nitrogen and oxygen atoms in total. The molecule has 2 aromatic rings. The SMILES string of the molecule is O=C1CC(NCc2ccoc2)CN1CCCc1ccccc1. The average Bonchev–Trinajstić information content (AvgIpc) is 3.17. The first-order chi connectivity index (χ1) is 10.8. The second-order valence-electron chi connectivity index (χ2n) is 5.84. The first-order valence-corrected chi connectivity index (χ1v) is 7.87. The van der Waals surface area contributed by atoms with Crippen LogP contribution >= 0.6 is 0 Å². The van der Waals surface area contributed by atoms with E-state index in [2.05, 4.69) is 29.6 Å². The van der Waals surface area contributed by atoms with E-state index in [1.165, 1.54) is 5.56 Å². The maximum absolute atomic E-state index is 12.1. The number of nitrogens with one attached hydrogen (secondary N) is 1. The van der Waals surface area contributed by atoms with Gasteiger partial charge < -0.3 is 14.6 Å². The van der Waals surface area contributed by atoms with E-state index in [0.717, 1.165) is 38.0 Å². The van der Waals surface area contributed by atoms with Crippen LogP contribution in [0.3, 0.4) is 0 Å². The average molecular weight is 298 g/mol. The van der Waals surface area contributed by atoms with Gasteiger partial charge in [-0.25, -0.2) is 0 Å². The molecule has 1 aliphatic rings. The minimum Gasteiger partial charge on any atom is -0.472 e. The minimum atomic E-state index is 0.249. The van der Waals surface area contributed by atoms with Crippen molar-refractivity contribution in [2.45, 2.75) is 31.8 Å². The number of hydrogen-bond acceptors (Lipinski definition) is 3. The molecule has 0 aliphatic carbocycles. The third kappa shape index (κ3) is 3.98. The number of rotatable bonds is 7. The van der Waals surface area contributed by atoms with Crippen LogP contribution in [0.4, 0.5) is 0 Å². The molecule has 1 N–H and O–H groups in total. The lowest BCUT2D eigenvalue weighted by Gasteiger charge is -2.17. The Labute approximate surface area is 131 Å². The van der Waals surface area contributed by atoms with Crippen molar-refractivity contribution >= 4 is 5.91 Å². The molecule has 1 fully saturated rings. The Kier molecular flexibility index (Phi) is 4.91. The van der Waals surface area contributed by atoms with Crippen LogP contribution in [0.1, 0.15) is 24.0 Å². The molecule has 1 amide bonds. The number of hydrogen-bond donors (Lipinski definition) is 1. The summed E-state index contributed by atoms with van der Waals surface area (Å²) in [6.45, 7) is 2.41. The predicted octanol–water partition coefficient (Wildman–Crippen LogP) is 2.60. The van der Waals surface area contributed by atoms with E-state index < -0.39 is 0 Å². The van der Waals surface area contributed by atoms with E-state index >= 15 is 0 Å². The molecular weight excluding hydrogens is 276 g/mol.